The molecule has 1 saturated heterocycles. The summed E-state index contributed by atoms with van der Waals surface area (Å²) in [5.41, 5.74) is 6.85. The minimum absolute atomic E-state index is 0.0332. The van der Waals surface area contributed by atoms with Gasteiger partial charge in [0.15, 0.2) is 0 Å². The number of hydrogen-bond donors (Lipinski definition) is 4. The third-order valence-electron chi connectivity index (χ3n) is 6.52. The summed E-state index contributed by atoms with van der Waals surface area (Å²) in [5.74, 6) is -1.73. The van der Waals surface area contributed by atoms with Crippen molar-refractivity contribution in [1.29, 1.82) is 0 Å². The Bertz CT molecular complexity index is 869. The van der Waals surface area contributed by atoms with Gasteiger partial charge in [0.1, 0.15) is 18.1 Å². The van der Waals surface area contributed by atoms with E-state index in [2.05, 4.69) is 10.6 Å². The van der Waals surface area contributed by atoms with E-state index >= 15 is 0 Å². The summed E-state index contributed by atoms with van der Waals surface area (Å²) >= 11 is 1.56. The first kappa shape index (κ1) is 28.6. The van der Waals surface area contributed by atoms with Crippen LogP contribution in [0.5, 0.6) is 0 Å². The normalized spacial score (nSPS) is 18.9. The molecule has 5 unspecified atom stereocenters. The average molecular weight is 507 g/mol. The molecule has 1 heterocycles. The van der Waals surface area contributed by atoms with Gasteiger partial charge in [-0.3, -0.25) is 14.4 Å². The molecule has 1 aromatic carbocycles. The van der Waals surface area contributed by atoms with Crippen LogP contribution in [0, 0.1) is 5.92 Å². The van der Waals surface area contributed by atoms with Gasteiger partial charge >= 0.3 is 5.97 Å². The van der Waals surface area contributed by atoms with Crippen molar-refractivity contribution in [2.75, 3.05) is 18.6 Å². The number of nitrogens with two attached hydrogens (primary N) is 1. The van der Waals surface area contributed by atoms with E-state index < -0.39 is 36.0 Å². The topological polar surface area (TPSA) is 142 Å². The lowest BCUT2D eigenvalue weighted by atomic mass is 9.99. The molecule has 0 bridgehead atoms. The number of nitrogens with one attached hydrogen (secondary N) is 2. The first-order valence-corrected chi connectivity index (χ1v) is 13.5. The maximum Gasteiger partial charge on any atom is 0.326 e. The van der Waals surface area contributed by atoms with Gasteiger partial charge in [-0.25, -0.2) is 4.79 Å². The Morgan fingerprint density at radius 2 is 1.86 bits per heavy atom. The Morgan fingerprint density at radius 1 is 1.17 bits per heavy atom. The summed E-state index contributed by atoms with van der Waals surface area (Å²) in [6.07, 6.45) is 4.26. The second-order valence-corrected chi connectivity index (χ2v) is 10.0. The fraction of sp³-hybridized carbons (Fsp3) is 0.600. The number of thioether (sulfide) groups is 1. The SMILES string of the molecule is CCC(C)C(N)C(=O)NC(CCSC)C(=O)N1CCCC1C(=O)NC(Cc1ccccc1)C(=O)O. The number of carbonyl (C=O) groups is 4. The van der Waals surface area contributed by atoms with Gasteiger partial charge in [0.2, 0.25) is 17.7 Å². The van der Waals surface area contributed by atoms with Crippen LogP contribution in [0.2, 0.25) is 0 Å². The van der Waals surface area contributed by atoms with Crippen LogP contribution >= 0.6 is 11.8 Å². The van der Waals surface area contributed by atoms with Gasteiger partial charge in [-0.05, 0) is 42.8 Å². The lowest BCUT2D eigenvalue weighted by molar-refractivity contribution is -0.145. The second kappa shape index (κ2) is 14.1. The van der Waals surface area contributed by atoms with Crippen molar-refractivity contribution in [2.24, 2.45) is 11.7 Å². The van der Waals surface area contributed by atoms with Gasteiger partial charge in [-0.1, -0.05) is 50.6 Å². The van der Waals surface area contributed by atoms with Crippen molar-refractivity contribution >= 4 is 35.5 Å². The van der Waals surface area contributed by atoms with Crippen LogP contribution in [0.3, 0.4) is 0 Å². The predicted molar refractivity (Wildman–Crippen MR) is 137 cm³/mol. The largest absolute Gasteiger partial charge is 0.480 e. The summed E-state index contributed by atoms with van der Waals surface area (Å²) in [6.45, 7) is 4.21. The van der Waals surface area contributed by atoms with Gasteiger partial charge in [-0.15, -0.1) is 0 Å². The molecule has 0 radical (unpaired) electrons. The highest BCUT2D eigenvalue weighted by molar-refractivity contribution is 7.98. The van der Waals surface area contributed by atoms with E-state index in [-0.39, 0.29) is 24.2 Å². The van der Waals surface area contributed by atoms with E-state index in [0.717, 1.165) is 12.0 Å². The molecule has 194 valence electrons. The third-order valence-corrected chi connectivity index (χ3v) is 7.16. The Labute approximate surface area is 211 Å². The number of rotatable bonds is 13. The highest BCUT2D eigenvalue weighted by Crippen LogP contribution is 2.20. The number of carbonyl (C=O) groups excluding carboxylic acids is 3. The fourth-order valence-electron chi connectivity index (χ4n) is 4.09. The molecule has 3 amide bonds. The molecule has 0 aliphatic carbocycles. The van der Waals surface area contributed by atoms with Gasteiger partial charge in [-0.2, -0.15) is 11.8 Å². The zero-order chi connectivity index (χ0) is 26.0. The Balaban J connectivity index is 2.11. The van der Waals surface area contributed by atoms with Gasteiger partial charge < -0.3 is 26.4 Å². The maximum atomic E-state index is 13.4. The summed E-state index contributed by atoms with van der Waals surface area (Å²) < 4.78 is 0. The number of carboxylic acids is 1. The van der Waals surface area contributed by atoms with Crippen molar-refractivity contribution < 1.29 is 24.3 Å². The smallest absolute Gasteiger partial charge is 0.326 e. The summed E-state index contributed by atoms with van der Waals surface area (Å²) in [4.78, 5) is 52.5. The zero-order valence-corrected chi connectivity index (χ0v) is 21.6. The predicted octanol–water partition coefficient (Wildman–Crippen LogP) is 1.40. The molecule has 0 aromatic heterocycles. The van der Waals surface area contributed by atoms with Crippen molar-refractivity contribution in [1.82, 2.24) is 15.5 Å². The van der Waals surface area contributed by atoms with Crippen molar-refractivity contribution in [2.45, 2.75) is 70.1 Å². The number of benzene rings is 1. The number of amides is 3. The lowest BCUT2D eigenvalue weighted by Crippen LogP contribution is -2.57. The number of hydrogen-bond acceptors (Lipinski definition) is 6. The van der Waals surface area contributed by atoms with Crippen molar-refractivity contribution in [3.8, 4) is 0 Å². The first-order valence-electron chi connectivity index (χ1n) is 12.1. The molecule has 10 heteroatoms. The fourth-order valence-corrected chi connectivity index (χ4v) is 4.57. The molecule has 1 aliphatic heterocycles. The van der Waals surface area contributed by atoms with E-state index in [4.69, 9.17) is 5.73 Å². The summed E-state index contributed by atoms with van der Waals surface area (Å²) in [5, 5.41) is 15.1. The third kappa shape index (κ3) is 8.24. The van der Waals surface area contributed by atoms with Crippen LogP contribution in [0.15, 0.2) is 30.3 Å². The number of aliphatic carboxylic acids is 1. The molecule has 0 saturated carbocycles. The van der Waals surface area contributed by atoms with Crippen molar-refractivity contribution in [3.63, 3.8) is 0 Å². The molecule has 0 spiro atoms. The van der Waals surface area contributed by atoms with Crippen LogP contribution in [0.4, 0.5) is 0 Å². The van der Waals surface area contributed by atoms with Gasteiger partial charge in [0.05, 0.1) is 6.04 Å². The minimum atomic E-state index is -1.14. The van der Waals surface area contributed by atoms with Gasteiger partial charge in [0, 0.05) is 13.0 Å². The van der Waals surface area contributed by atoms with Crippen molar-refractivity contribution in [3.05, 3.63) is 35.9 Å². The molecule has 35 heavy (non-hydrogen) atoms. The molecule has 2 rings (SSSR count). The molecule has 1 fully saturated rings. The maximum absolute atomic E-state index is 13.4. The van der Waals surface area contributed by atoms with E-state index in [1.807, 2.05) is 38.3 Å². The summed E-state index contributed by atoms with van der Waals surface area (Å²) in [6, 6.07) is 5.65. The molecule has 5 N–H and O–H groups in total. The average Bonchev–Trinajstić information content (AvgIpc) is 3.35. The van der Waals surface area contributed by atoms with Crippen LogP contribution in [-0.2, 0) is 25.6 Å². The zero-order valence-electron chi connectivity index (χ0n) is 20.7. The van der Waals surface area contributed by atoms with E-state index in [1.54, 1.807) is 23.9 Å². The van der Waals surface area contributed by atoms with Crippen LogP contribution in [0.1, 0.15) is 45.1 Å². The standard InChI is InChI=1S/C25H38N4O5S/c1-4-16(2)21(26)23(31)27-18(12-14-35-3)24(32)29-13-8-11-20(29)22(30)28-19(25(33)34)15-17-9-6-5-7-10-17/h5-7,9-10,16,18-21H,4,8,11-15,26H2,1-3H3,(H,27,31)(H,28,30)(H,33,34). The van der Waals surface area contributed by atoms with Crippen LogP contribution in [-0.4, -0.2) is 76.4 Å². The molecule has 5 atom stereocenters. The monoisotopic (exact) mass is 506 g/mol. The lowest BCUT2D eigenvalue weighted by Gasteiger charge is -2.30. The Morgan fingerprint density at radius 3 is 2.46 bits per heavy atom. The highest BCUT2D eigenvalue weighted by atomic mass is 32.2. The minimum Gasteiger partial charge on any atom is -0.480 e. The second-order valence-electron chi connectivity index (χ2n) is 9.03. The van der Waals surface area contributed by atoms with E-state index in [9.17, 15) is 24.3 Å². The first-order chi connectivity index (χ1) is 16.7. The number of carboxylic acid groups (broad SMARTS) is 1. The number of likely N-dealkylation sites (tertiary alicyclic amines) is 1. The highest BCUT2D eigenvalue weighted by Gasteiger charge is 2.39. The Kier molecular flexibility index (Phi) is 11.5. The number of nitrogens with zero attached hydrogens (tertiary/aromatic N) is 1. The molecular formula is C25H38N4O5S. The molecular weight excluding hydrogens is 468 g/mol. The van der Waals surface area contributed by atoms with Crippen LogP contribution in [0.25, 0.3) is 0 Å². The Hall–Kier alpha value is -2.59. The van der Waals surface area contributed by atoms with Crippen LogP contribution < -0.4 is 16.4 Å². The van der Waals surface area contributed by atoms with Gasteiger partial charge in [0.25, 0.3) is 0 Å². The van der Waals surface area contributed by atoms with E-state index in [1.165, 1.54) is 4.90 Å². The molecule has 1 aliphatic rings. The quantitative estimate of drug-likeness (QED) is 0.317. The molecule has 1 aromatic rings. The molecule has 9 nitrogen and oxygen atoms in total. The van der Waals surface area contributed by atoms with E-state index in [0.29, 0.717) is 31.6 Å². The summed E-state index contributed by atoms with van der Waals surface area (Å²) in [7, 11) is 0.